The van der Waals surface area contributed by atoms with E-state index < -0.39 is 0 Å². The van der Waals surface area contributed by atoms with Crippen LogP contribution in [0.2, 0.25) is 0 Å². The summed E-state index contributed by atoms with van der Waals surface area (Å²) < 4.78 is 4.86. The van der Waals surface area contributed by atoms with Crippen LogP contribution in [-0.2, 0) is 0 Å². The topological polar surface area (TPSA) is 46.3 Å². The molecule has 4 nitrogen and oxygen atoms in total. The molecule has 2 heterocycles. The number of carbonyl (C=O) groups excluding carboxylic acids is 1. The Balaban J connectivity index is 1.60. The van der Waals surface area contributed by atoms with E-state index in [0.29, 0.717) is 23.6 Å². The molecular weight excluding hydrogens is 288 g/mol. The maximum absolute atomic E-state index is 12.8. The summed E-state index contributed by atoms with van der Waals surface area (Å²) >= 11 is 0. The molecule has 2 aliphatic rings. The van der Waals surface area contributed by atoms with Gasteiger partial charge in [0.05, 0.1) is 0 Å². The maximum Gasteiger partial charge on any atom is 0.276 e. The molecule has 4 rings (SSSR count). The molecule has 1 aliphatic carbocycles. The minimum atomic E-state index is 0.0298. The molecule has 1 aliphatic heterocycles. The fourth-order valence-electron chi connectivity index (χ4n) is 4.49. The van der Waals surface area contributed by atoms with Crippen LogP contribution in [-0.4, -0.2) is 28.6 Å². The fraction of sp³-hybridized carbons (Fsp3) is 0.474. The summed E-state index contributed by atoms with van der Waals surface area (Å²) in [4.78, 5) is 14.8. The third-order valence-corrected chi connectivity index (χ3v) is 5.53. The van der Waals surface area contributed by atoms with E-state index in [1.807, 2.05) is 0 Å². The third-order valence-electron chi connectivity index (χ3n) is 5.53. The Kier molecular flexibility index (Phi) is 3.90. The molecule has 0 unspecified atom stereocenters. The van der Waals surface area contributed by atoms with Crippen LogP contribution < -0.4 is 0 Å². The molecule has 1 aromatic carbocycles. The molecule has 0 N–H and O–H groups in total. The molecule has 1 saturated heterocycles. The van der Waals surface area contributed by atoms with Gasteiger partial charge in [-0.2, -0.15) is 0 Å². The first-order valence-corrected chi connectivity index (χ1v) is 8.61. The Hall–Kier alpha value is -2.10. The van der Waals surface area contributed by atoms with Crippen molar-refractivity contribution in [1.29, 1.82) is 0 Å². The van der Waals surface area contributed by atoms with E-state index in [2.05, 4.69) is 40.4 Å². The molecule has 0 radical (unpaired) electrons. The highest BCUT2D eigenvalue weighted by Gasteiger charge is 2.42. The number of amides is 1. The van der Waals surface area contributed by atoms with Gasteiger partial charge in [0, 0.05) is 18.7 Å². The van der Waals surface area contributed by atoms with Crippen LogP contribution in [0, 0.1) is 5.92 Å². The lowest BCUT2D eigenvalue weighted by Gasteiger charge is -2.48. The maximum atomic E-state index is 12.8. The van der Waals surface area contributed by atoms with Crippen LogP contribution >= 0.6 is 0 Å². The number of likely N-dealkylation sites (tertiary alicyclic amines) is 1. The highest BCUT2D eigenvalue weighted by atomic mass is 16.5. The third kappa shape index (κ3) is 2.67. The summed E-state index contributed by atoms with van der Waals surface area (Å²) in [6, 6.07) is 12.8. The van der Waals surface area contributed by atoms with Crippen LogP contribution in [0.5, 0.6) is 0 Å². The van der Waals surface area contributed by atoms with E-state index >= 15 is 0 Å². The summed E-state index contributed by atoms with van der Waals surface area (Å²) in [7, 11) is 0. The van der Waals surface area contributed by atoms with Gasteiger partial charge < -0.3 is 9.42 Å². The first-order valence-electron chi connectivity index (χ1n) is 8.61. The zero-order chi connectivity index (χ0) is 15.6. The van der Waals surface area contributed by atoms with Gasteiger partial charge >= 0.3 is 0 Å². The van der Waals surface area contributed by atoms with Gasteiger partial charge in [-0.1, -0.05) is 48.3 Å². The first kappa shape index (κ1) is 14.5. The van der Waals surface area contributed by atoms with Crippen molar-refractivity contribution in [2.45, 2.75) is 44.1 Å². The Morgan fingerprint density at radius 3 is 2.70 bits per heavy atom. The zero-order valence-corrected chi connectivity index (χ0v) is 13.2. The number of fused-ring (bicyclic) bond motifs is 1. The average molecular weight is 310 g/mol. The predicted octanol–water partition coefficient (Wildman–Crippen LogP) is 3.86. The van der Waals surface area contributed by atoms with Gasteiger partial charge in [-0.25, -0.2) is 0 Å². The summed E-state index contributed by atoms with van der Waals surface area (Å²) in [6.07, 6.45) is 7.32. The Morgan fingerprint density at radius 1 is 1.09 bits per heavy atom. The molecule has 0 spiro atoms. The normalized spacial score (nSPS) is 27.5. The number of carbonyl (C=O) groups is 1. The first-order chi connectivity index (χ1) is 11.3. The van der Waals surface area contributed by atoms with Gasteiger partial charge in [-0.3, -0.25) is 4.79 Å². The number of aromatic nitrogens is 1. The van der Waals surface area contributed by atoms with Crippen molar-refractivity contribution in [3.63, 3.8) is 0 Å². The van der Waals surface area contributed by atoms with Crippen LogP contribution in [0.3, 0.4) is 0 Å². The standard InChI is InChI=1S/C19H22N2O2/c22-19(17-11-13-23-20-17)21-12-10-15(14-6-2-1-3-7-14)16-8-4-5-9-18(16)21/h1-3,6-7,11,13,15-16,18H,4-5,8-10,12H2/t15-,16-,18-/m1/s1. The minimum Gasteiger partial charge on any atom is -0.364 e. The van der Waals surface area contributed by atoms with Crippen LogP contribution in [0.1, 0.15) is 54.1 Å². The largest absolute Gasteiger partial charge is 0.364 e. The molecule has 1 saturated carbocycles. The summed E-state index contributed by atoms with van der Waals surface area (Å²) in [5, 5.41) is 3.84. The summed E-state index contributed by atoms with van der Waals surface area (Å²) in [5.74, 6) is 1.17. The lowest BCUT2D eigenvalue weighted by atomic mass is 9.69. The second kappa shape index (κ2) is 6.19. The van der Waals surface area contributed by atoms with Gasteiger partial charge in [0.2, 0.25) is 0 Å². The van der Waals surface area contributed by atoms with Crippen molar-refractivity contribution >= 4 is 5.91 Å². The van der Waals surface area contributed by atoms with E-state index in [4.69, 9.17) is 4.52 Å². The van der Waals surface area contributed by atoms with Crippen molar-refractivity contribution < 1.29 is 9.32 Å². The van der Waals surface area contributed by atoms with Gasteiger partial charge in [0.1, 0.15) is 6.26 Å². The van der Waals surface area contributed by atoms with Crippen LogP contribution in [0.15, 0.2) is 47.2 Å². The van der Waals surface area contributed by atoms with E-state index in [1.54, 1.807) is 6.07 Å². The Morgan fingerprint density at radius 2 is 1.91 bits per heavy atom. The van der Waals surface area contributed by atoms with E-state index in [1.165, 1.54) is 31.1 Å². The van der Waals surface area contributed by atoms with Gasteiger partial charge in [-0.05, 0) is 36.7 Å². The van der Waals surface area contributed by atoms with Gasteiger partial charge in [0.15, 0.2) is 5.69 Å². The monoisotopic (exact) mass is 310 g/mol. The highest BCUT2D eigenvalue weighted by Crippen LogP contribution is 2.44. The van der Waals surface area contributed by atoms with Gasteiger partial charge in [0.25, 0.3) is 5.91 Å². The van der Waals surface area contributed by atoms with Crippen molar-refractivity contribution in [3.05, 3.63) is 53.9 Å². The lowest BCUT2D eigenvalue weighted by Crippen LogP contribution is -2.52. The predicted molar refractivity (Wildman–Crippen MR) is 87.1 cm³/mol. The second-order valence-electron chi connectivity index (χ2n) is 6.70. The van der Waals surface area contributed by atoms with Crippen molar-refractivity contribution in [3.8, 4) is 0 Å². The van der Waals surface area contributed by atoms with Gasteiger partial charge in [-0.15, -0.1) is 0 Å². The second-order valence-corrected chi connectivity index (χ2v) is 6.70. The number of piperidine rings is 1. The molecule has 0 bridgehead atoms. The van der Waals surface area contributed by atoms with E-state index in [-0.39, 0.29) is 5.91 Å². The molecule has 23 heavy (non-hydrogen) atoms. The molecule has 1 amide bonds. The number of benzene rings is 1. The molecule has 4 heteroatoms. The molecule has 3 atom stereocenters. The number of hydrogen-bond acceptors (Lipinski definition) is 3. The number of hydrogen-bond donors (Lipinski definition) is 0. The lowest BCUT2D eigenvalue weighted by molar-refractivity contribution is 0.0311. The average Bonchev–Trinajstić information content (AvgIpc) is 3.15. The van der Waals surface area contributed by atoms with E-state index in [9.17, 15) is 4.79 Å². The number of nitrogens with zero attached hydrogens (tertiary/aromatic N) is 2. The zero-order valence-electron chi connectivity index (χ0n) is 13.2. The molecule has 120 valence electrons. The van der Waals surface area contributed by atoms with Crippen molar-refractivity contribution in [2.75, 3.05) is 6.54 Å². The fourth-order valence-corrected chi connectivity index (χ4v) is 4.49. The number of rotatable bonds is 2. The Labute approximate surface area is 136 Å². The summed E-state index contributed by atoms with van der Waals surface area (Å²) in [6.45, 7) is 0.812. The van der Waals surface area contributed by atoms with Crippen molar-refractivity contribution in [2.24, 2.45) is 5.92 Å². The smallest absolute Gasteiger partial charge is 0.276 e. The van der Waals surface area contributed by atoms with Crippen molar-refractivity contribution in [1.82, 2.24) is 10.1 Å². The quantitative estimate of drug-likeness (QED) is 0.846. The molecular formula is C19H22N2O2. The Bertz CT molecular complexity index is 653. The van der Waals surface area contributed by atoms with E-state index in [0.717, 1.165) is 19.4 Å². The van der Waals surface area contributed by atoms with Crippen LogP contribution in [0.25, 0.3) is 0 Å². The summed E-state index contributed by atoms with van der Waals surface area (Å²) in [5.41, 5.74) is 1.87. The SMILES string of the molecule is O=C(c1ccon1)N1CC[C@H](c2ccccc2)[C@H]2CCCC[C@H]21. The molecule has 1 aromatic heterocycles. The highest BCUT2D eigenvalue weighted by molar-refractivity contribution is 5.92. The molecule has 2 fully saturated rings. The molecule has 2 aromatic rings. The van der Waals surface area contributed by atoms with Crippen LogP contribution in [0.4, 0.5) is 0 Å². The minimum absolute atomic E-state index is 0.0298.